The van der Waals surface area contributed by atoms with Crippen LogP contribution in [0, 0.1) is 0 Å². The number of ether oxygens (including phenoxy) is 1. The van der Waals surface area contributed by atoms with Crippen LogP contribution < -0.4 is 10.2 Å². The molecular formula is C9H11NO3. The molecule has 0 aliphatic heterocycles. The Morgan fingerprint density at radius 1 is 1.31 bits per heavy atom. The Morgan fingerprint density at radius 2 is 1.92 bits per heavy atom. The van der Waals surface area contributed by atoms with Gasteiger partial charge in [0.1, 0.15) is 5.75 Å². The lowest BCUT2D eigenvalue weighted by molar-refractivity contribution is -0.138. The van der Waals surface area contributed by atoms with E-state index in [2.05, 4.69) is 10.3 Å². The average Bonchev–Trinajstić information content (AvgIpc) is 2.15. The number of hydrogen-bond donors (Lipinski definition) is 1. The van der Waals surface area contributed by atoms with Crippen molar-refractivity contribution in [3.05, 3.63) is 24.3 Å². The highest BCUT2D eigenvalue weighted by atomic mass is 16.7. The molecule has 1 aromatic carbocycles. The number of hydrogen-bond acceptors (Lipinski definition) is 4. The first-order valence-electron chi connectivity index (χ1n) is 3.80. The molecule has 0 saturated heterocycles. The van der Waals surface area contributed by atoms with E-state index < -0.39 is 0 Å². The van der Waals surface area contributed by atoms with E-state index in [0.717, 1.165) is 5.75 Å². The molecule has 0 fully saturated rings. The summed E-state index contributed by atoms with van der Waals surface area (Å²) < 4.78 is 4.96. The van der Waals surface area contributed by atoms with Crippen LogP contribution in [0.4, 0.5) is 5.69 Å². The summed E-state index contributed by atoms with van der Waals surface area (Å²) in [5, 5.41) is 0. The highest BCUT2D eigenvalue weighted by Gasteiger charge is 1.95. The van der Waals surface area contributed by atoms with Crippen LogP contribution >= 0.6 is 0 Å². The molecule has 0 radical (unpaired) electrons. The fraction of sp³-hybridized carbons (Fsp3) is 0.222. The Morgan fingerprint density at radius 3 is 2.38 bits per heavy atom. The molecule has 0 aliphatic carbocycles. The maximum atomic E-state index is 10.4. The molecule has 0 bridgehead atoms. The first-order valence-corrected chi connectivity index (χ1v) is 3.80. The van der Waals surface area contributed by atoms with Gasteiger partial charge in [-0.15, -0.1) is 0 Å². The lowest BCUT2D eigenvalue weighted by Crippen LogP contribution is -2.05. The summed E-state index contributed by atoms with van der Waals surface area (Å²) >= 11 is 0. The van der Waals surface area contributed by atoms with Gasteiger partial charge in [-0.3, -0.25) is 4.79 Å². The minimum Gasteiger partial charge on any atom is -0.497 e. The van der Waals surface area contributed by atoms with Crippen molar-refractivity contribution in [3.63, 3.8) is 0 Å². The van der Waals surface area contributed by atoms with E-state index in [9.17, 15) is 4.79 Å². The van der Waals surface area contributed by atoms with Crippen molar-refractivity contribution in [3.8, 4) is 5.75 Å². The lowest BCUT2D eigenvalue weighted by Gasteiger charge is -2.05. The second-order valence-corrected chi connectivity index (χ2v) is 2.42. The zero-order chi connectivity index (χ0) is 9.68. The molecule has 4 nitrogen and oxygen atoms in total. The van der Waals surface area contributed by atoms with Gasteiger partial charge in [-0.05, 0) is 24.3 Å². The zero-order valence-corrected chi connectivity index (χ0v) is 7.53. The Bertz CT molecular complexity index is 281. The standard InChI is InChI=1S/C9H11NO3/c1-7(11)13-10-8-3-5-9(12-2)6-4-8/h3-6,10H,1-2H3. The van der Waals surface area contributed by atoms with E-state index in [-0.39, 0.29) is 5.97 Å². The summed E-state index contributed by atoms with van der Waals surface area (Å²) in [7, 11) is 1.59. The van der Waals surface area contributed by atoms with Crippen molar-refractivity contribution >= 4 is 11.7 Å². The highest BCUT2D eigenvalue weighted by molar-refractivity contribution is 5.67. The van der Waals surface area contributed by atoms with E-state index in [4.69, 9.17) is 4.74 Å². The van der Waals surface area contributed by atoms with Gasteiger partial charge in [0.2, 0.25) is 0 Å². The molecule has 0 unspecified atom stereocenters. The topological polar surface area (TPSA) is 47.6 Å². The van der Waals surface area contributed by atoms with E-state index in [1.807, 2.05) is 0 Å². The zero-order valence-electron chi connectivity index (χ0n) is 7.53. The number of rotatable bonds is 3. The summed E-state index contributed by atoms with van der Waals surface area (Å²) in [6.07, 6.45) is 0. The third-order valence-corrected chi connectivity index (χ3v) is 1.40. The van der Waals surface area contributed by atoms with E-state index in [1.54, 1.807) is 31.4 Å². The van der Waals surface area contributed by atoms with Crippen LogP contribution in [0.3, 0.4) is 0 Å². The van der Waals surface area contributed by atoms with Gasteiger partial charge in [-0.1, -0.05) is 0 Å². The molecule has 0 aliphatic rings. The molecule has 1 N–H and O–H groups in total. The average molecular weight is 181 g/mol. The molecule has 0 spiro atoms. The van der Waals surface area contributed by atoms with Crippen LogP contribution in [-0.4, -0.2) is 13.1 Å². The molecule has 70 valence electrons. The molecular weight excluding hydrogens is 170 g/mol. The van der Waals surface area contributed by atoms with E-state index in [0.29, 0.717) is 5.69 Å². The van der Waals surface area contributed by atoms with Crippen LogP contribution in [0.5, 0.6) is 5.75 Å². The van der Waals surface area contributed by atoms with Crippen molar-refractivity contribution in [2.24, 2.45) is 0 Å². The first kappa shape index (κ1) is 9.38. The van der Waals surface area contributed by atoms with Crippen LogP contribution in [0.15, 0.2) is 24.3 Å². The molecule has 0 amide bonds. The Kier molecular flexibility index (Phi) is 3.14. The fourth-order valence-corrected chi connectivity index (χ4v) is 0.790. The molecule has 0 heterocycles. The SMILES string of the molecule is COc1ccc(NOC(C)=O)cc1. The quantitative estimate of drug-likeness (QED) is 0.719. The number of nitrogens with one attached hydrogen (secondary N) is 1. The van der Waals surface area contributed by atoms with E-state index in [1.165, 1.54) is 6.92 Å². The smallest absolute Gasteiger partial charge is 0.329 e. The summed E-state index contributed by atoms with van der Waals surface area (Å²) in [5.41, 5.74) is 3.19. The minimum atomic E-state index is -0.379. The van der Waals surface area contributed by atoms with Crippen molar-refractivity contribution in [2.75, 3.05) is 12.6 Å². The third-order valence-electron chi connectivity index (χ3n) is 1.40. The van der Waals surface area contributed by atoms with Crippen LogP contribution in [0.25, 0.3) is 0 Å². The number of anilines is 1. The van der Waals surface area contributed by atoms with Crippen molar-refractivity contribution in [2.45, 2.75) is 6.92 Å². The number of carbonyl (C=O) groups excluding carboxylic acids is 1. The van der Waals surface area contributed by atoms with Crippen molar-refractivity contribution in [1.82, 2.24) is 0 Å². The van der Waals surface area contributed by atoms with Crippen molar-refractivity contribution < 1.29 is 14.4 Å². The van der Waals surface area contributed by atoms with Gasteiger partial charge < -0.3 is 9.57 Å². The van der Waals surface area contributed by atoms with Gasteiger partial charge in [0.25, 0.3) is 0 Å². The Balaban J connectivity index is 2.54. The van der Waals surface area contributed by atoms with Crippen molar-refractivity contribution in [1.29, 1.82) is 0 Å². The number of carbonyl (C=O) groups is 1. The summed E-state index contributed by atoms with van der Waals surface area (Å²) in [6.45, 7) is 1.33. The summed E-state index contributed by atoms with van der Waals surface area (Å²) in [5.74, 6) is 0.379. The number of benzene rings is 1. The predicted octanol–water partition coefficient (Wildman–Crippen LogP) is 1.59. The monoisotopic (exact) mass is 181 g/mol. The Labute approximate surface area is 76.4 Å². The van der Waals surface area contributed by atoms with Gasteiger partial charge in [0, 0.05) is 6.92 Å². The number of methoxy groups -OCH3 is 1. The molecule has 4 heteroatoms. The summed E-state index contributed by atoms with van der Waals surface area (Å²) in [6, 6.07) is 7.04. The van der Waals surface area contributed by atoms with Gasteiger partial charge in [-0.2, -0.15) is 0 Å². The minimum absolute atomic E-state index is 0.379. The van der Waals surface area contributed by atoms with Crippen LogP contribution in [0.2, 0.25) is 0 Å². The van der Waals surface area contributed by atoms with Crippen LogP contribution in [-0.2, 0) is 9.63 Å². The predicted molar refractivity (Wildman–Crippen MR) is 48.4 cm³/mol. The lowest BCUT2D eigenvalue weighted by atomic mass is 10.3. The summed E-state index contributed by atoms with van der Waals surface area (Å²) in [4.78, 5) is 15.0. The van der Waals surface area contributed by atoms with Crippen LogP contribution in [0.1, 0.15) is 6.92 Å². The van der Waals surface area contributed by atoms with Gasteiger partial charge in [0.05, 0.1) is 12.8 Å². The second-order valence-electron chi connectivity index (χ2n) is 2.42. The normalized spacial score (nSPS) is 9.08. The third kappa shape index (κ3) is 3.02. The fourth-order valence-electron chi connectivity index (χ4n) is 0.790. The molecule has 1 rings (SSSR count). The first-order chi connectivity index (χ1) is 6.22. The Hall–Kier alpha value is -1.71. The largest absolute Gasteiger partial charge is 0.497 e. The van der Waals surface area contributed by atoms with Gasteiger partial charge in [0.15, 0.2) is 0 Å². The molecule has 13 heavy (non-hydrogen) atoms. The highest BCUT2D eigenvalue weighted by Crippen LogP contribution is 2.14. The van der Waals surface area contributed by atoms with Gasteiger partial charge >= 0.3 is 5.97 Å². The molecule has 0 atom stereocenters. The molecule has 0 aromatic heterocycles. The second kappa shape index (κ2) is 4.35. The maximum Gasteiger partial charge on any atom is 0.329 e. The maximum absolute atomic E-state index is 10.4. The molecule has 0 saturated carbocycles. The molecule has 1 aromatic rings. The van der Waals surface area contributed by atoms with E-state index >= 15 is 0 Å². The van der Waals surface area contributed by atoms with Gasteiger partial charge in [-0.25, -0.2) is 5.48 Å².